The van der Waals surface area contributed by atoms with E-state index in [1.54, 1.807) is 30.3 Å². The van der Waals surface area contributed by atoms with Gasteiger partial charge in [0.25, 0.3) is 5.91 Å². The molecule has 1 atom stereocenters. The van der Waals surface area contributed by atoms with Crippen LogP contribution in [0.3, 0.4) is 0 Å². The second-order valence-electron chi connectivity index (χ2n) is 8.52. The van der Waals surface area contributed by atoms with Crippen molar-refractivity contribution in [1.82, 2.24) is 0 Å². The summed E-state index contributed by atoms with van der Waals surface area (Å²) in [6.45, 7) is 0.996. The van der Waals surface area contributed by atoms with Crippen LogP contribution in [0, 0.1) is 0 Å². The molecule has 8 heteroatoms. The van der Waals surface area contributed by atoms with Gasteiger partial charge in [0.15, 0.2) is 11.0 Å². The number of nitrogens with one attached hydrogen (secondary N) is 1. The Morgan fingerprint density at radius 2 is 1.86 bits per heavy atom. The van der Waals surface area contributed by atoms with Crippen molar-refractivity contribution in [3.05, 3.63) is 105 Å². The fraction of sp³-hybridized carbons (Fsp3) is 0.179. The summed E-state index contributed by atoms with van der Waals surface area (Å²) < 4.78 is 17.3. The summed E-state index contributed by atoms with van der Waals surface area (Å²) in [6.07, 6.45) is 1.43. The summed E-state index contributed by atoms with van der Waals surface area (Å²) in [6, 6.07) is 20.7. The van der Waals surface area contributed by atoms with Crippen molar-refractivity contribution in [3.63, 3.8) is 0 Å². The number of carboxylic acid groups (broad SMARTS) is 1. The molecule has 0 saturated heterocycles. The Kier molecular flexibility index (Phi) is 6.51. The molecule has 5 rings (SSSR count). The smallest absolute Gasteiger partial charge is 0.371 e. The zero-order valence-corrected chi connectivity index (χ0v) is 19.2. The van der Waals surface area contributed by atoms with E-state index in [9.17, 15) is 19.5 Å². The van der Waals surface area contributed by atoms with Crippen molar-refractivity contribution in [1.29, 1.82) is 0 Å². The number of aromatic carboxylic acids is 1. The Hall–Kier alpha value is -4.43. The van der Waals surface area contributed by atoms with Crippen LogP contribution in [-0.2, 0) is 17.8 Å². The summed E-state index contributed by atoms with van der Waals surface area (Å²) in [5.74, 6) is -1.56. The molecule has 2 N–H and O–H groups in total. The Balaban J connectivity index is 1.27. The monoisotopic (exact) mass is 485 g/mol. The number of hydrogen-bond donors (Lipinski definition) is 2. The van der Waals surface area contributed by atoms with Gasteiger partial charge in [-0.2, -0.15) is 0 Å². The van der Waals surface area contributed by atoms with Gasteiger partial charge in [-0.15, -0.1) is 0 Å². The number of anilines is 1. The largest absolute Gasteiger partial charge is 0.488 e. The lowest BCUT2D eigenvalue weighted by Gasteiger charge is -2.26. The SMILES string of the molecule is O=C(Nc1cccc2c(=O)cc(C(=O)O)oc12)c1ccc2c(c1)CCC(COCc1ccccc1)O2. The maximum atomic E-state index is 13.0. The minimum absolute atomic E-state index is 0.00962. The van der Waals surface area contributed by atoms with Gasteiger partial charge >= 0.3 is 5.97 Å². The number of fused-ring (bicyclic) bond motifs is 2. The normalized spacial score (nSPS) is 14.6. The van der Waals surface area contributed by atoms with Crippen LogP contribution in [0.5, 0.6) is 5.75 Å². The minimum Gasteiger partial charge on any atom is -0.488 e. The van der Waals surface area contributed by atoms with E-state index in [-0.39, 0.29) is 22.8 Å². The van der Waals surface area contributed by atoms with Crippen LogP contribution in [-0.4, -0.2) is 29.7 Å². The molecule has 1 aromatic heterocycles. The molecular weight excluding hydrogens is 462 g/mol. The van der Waals surface area contributed by atoms with Crippen LogP contribution in [0.2, 0.25) is 0 Å². The first-order valence-electron chi connectivity index (χ1n) is 11.5. The van der Waals surface area contributed by atoms with Crippen LogP contribution < -0.4 is 15.5 Å². The second kappa shape index (κ2) is 10.1. The van der Waals surface area contributed by atoms with E-state index >= 15 is 0 Å². The molecule has 0 saturated carbocycles. The Labute approximate surface area is 206 Å². The van der Waals surface area contributed by atoms with E-state index in [2.05, 4.69) is 5.32 Å². The molecular formula is C28H23NO7. The number of hydrogen-bond acceptors (Lipinski definition) is 6. The molecule has 4 aromatic rings. The first-order valence-corrected chi connectivity index (χ1v) is 11.5. The molecule has 1 unspecified atom stereocenters. The van der Waals surface area contributed by atoms with Crippen molar-refractivity contribution in [2.45, 2.75) is 25.6 Å². The van der Waals surface area contributed by atoms with Crippen LogP contribution in [0.1, 0.15) is 38.5 Å². The number of para-hydroxylation sites is 1. The molecule has 1 amide bonds. The number of carbonyl (C=O) groups excluding carboxylic acids is 1. The van der Waals surface area contributed by atoms with Gasteiger partial charge < -0.3 is 24.3 Å². The Morgan fingerprint density at radius 1 is 1.03 bits per heavy atom. The number of ether oxygens (including phenoxy) is 2. The van der Waals surface area contributed by atoms with E-state index in [0.29, 0.717) is 24.5 Å². The molecule has 3 aromatic carbocycles. The molecule has 2 heterocycles. The molecule has 0 fully saturated rings. The van der Waals surface area contributed by atoms with E-state index in [4.69, 9.17) is 13.9 Å². The first kappa shape index (κ1) is 23.3. The van der Waals surface area contributed by atoms with E-state index in [1.807, 2.05) is 30.3 Å². The average Bonchev–Trinajstić information content (AvgIpc) is 2.89. The number of amides is 1. The van der Waals surface area contributed by atoms with Crippen LogP contribution in [0.25, 0.3) is 11.0 Å². The maximum absolute atomic E-state index is 13.0. The van der Waals surface area contributed by atoms with Gasteiger partial charge in [0.05, 0.1) is 24.3 Å². The number of carboxylic acids is 1. The van der Waals surface area contributed by atoms with Crippen molar-refractivity contribution < 1.29 is 28.6 Å². The fourth-order valence-corrected chi connectivity index (χ4v) is 4.16. The Morgan fingerprint density at radius 3 is 2.67 bits per heavy atom. The Bertz CT molecular complexity index is 1490. The van der Waals surface area contributed by atoms with Gasteiger partial charge in [-0.25, -0.2) is 4.79 Å². The quantitative estimate of drug-likeness (QED) is 0.391. The molecule has 1 aliphatic rings. The maximum Gasteiger partial charge on any atom is 0.371 e. The highest BCUT2D eigenvalue weighted by atomic mass is 16.5. The molecule has 1 aliphatic heterocycles. The highest BCUT2D eigenvalue weighted by Gasteiger charge is 2.22. The van der Waals surface area contributed by atoms with E-state index in [0.717, 1.165) is 30.0 Å². The summed E-state index contributed by atoms with van der Waals surface area (Å²) >= 11 is 0. The molecule has 0 spiro atoms. The molecule has 0 bridgehead atoms. The average molecular weight is 485 g/mol. The third-order valence-electron chi connectivity index (χ3n) is 5.98. The van der Waals surface area contributed by atoms with Crippen LogP contribution >= 0.6 is 0 Å². The van der Waals surface area contributed by atoms with Crippen molar-refractivity contribution in [3.8, 4) is 5.75 Å². The van der Waals surface area contributed by atoms with Gasteiger partial charge in [0.1, 0.15) is 11.9 Å². The summed E-state index contributed by atoms with van der Waals surface area (Å²) in [4.78, 5) is 36.6. The highest BCUT2D eigenvalue weighted by molar-refractivity contribution is 6.08. The van der Waals surface area contributed by atoms with Crippen LogP contribution in [0.15, 0.2) is 82.0 Å². The lowest BCUT2D eigenvalue weighted by molar-refractivity contribution is 0.0316. The predicted molar refractivity (Wildman–Crippen MR) is 133 cm³/mol. The van der Waals surface area contributed by atoms with Crippen molar-refractivity contribution in [2.75, 3.05) is 11.9 Å². The summed E-state index contributed by atoms with van der Waals surface area (Å²) in [5, 5.41) is 12.1. The number of rotatable bonds is 7. The lowest BCUT2D eigenvalue weighted by Crippen LogP contribution is -2.28. The summed E-state index contributed by atoms with van der Waals surface area (Å²) in [7, 11) is 0. The number of benzene rings is 3. The number of carbonyl (C=O) groups is 2. The molecule has 0 radical (unpaired) electrons. The fourth-order valence-electron chi connectivity index (χ4n) is 4.16. The van der Waals surface area contributed by atoms with Gasteiger partial charge in [0, 0.05) is 11.6 Å². The zero-order valence-electron chi connectivity index (χ0n) is 19.2. The predicted octanol–water partition coefficient (Wildman–Crippen LogP) is 4.65. The topological polar surface area (TPSA) is 115 Å². The molecule has 36 heavy (non-hydrogen) atoms. The first-order chi connectivity index (χ1) is 17.5. The van der Waals surface area contributed by atoms with E-state index < -0.39 is 23.1 Å². The zero-order chi connectivity index (χ0) is 25.1. The summed E-state index contributed by atoms with van der Waals surface area (Å²) in [5.41, 5.74) is 2.15. The van der Waals surface area contributed by atoms with Gasteiger partial charge in [-0.3, -0.25) is 9.59 Å². The molecule has 182 valence electrons. The van der Waals surface area contributed by atoms with Gasteiger partial charge in [-0.1, -0.05) is 36.4 Å². The van der Waals surface area contributed by atoms with E-state index in [1.165, 1.54) is 6.07 Å². The van der Waals surface area contributed by atoms with Gasteiger partial charge in [-0.05, 0) is 54.3 Å². The molecule has 8 nitrogen and oxygen atoms in total. The van der Waals surface area contributed by atoms with Gasteiger partial charge in [0.2, 0.25) is 5.76 Å². The molecule has 0 aliphatic carbocycles. The minimum atomic E-state index is -1.37. The second-order valence-corrected chi connectivity index (χ2v) is 8.52. The highest BCUT2D eigenvalue weighted by Crippen LogP contribution is 2.30. The third kappa shape index (κ3) is 4.99. The third-order valence-corrected chi connectivity index (χ3v) is 5.98. The standard InChI is InChI=1S/C28H23NO7/c30-23-14-25(28(32)33)36-26-21(23)7-4-8-22(26)29-27(31)19-10-12-24-18(13-19)9-11-20(35-24)16-34-15-17-5-2-1-3-6-17/h1-8,10,12-14,20H,9,11,15-16H2,(H,29,31)(H,32,33). The lowest BCUT2D eigenvalue weighted by atomic mass is 10.00. The number of aryl methyl sites for hydroxylation is 1. The van der Waals surface area contributed by atoms with Crippen LogP contribution in [0.4, 0.5) is 5.69 Å². The van der Waals surface area contributed by atoms with Crippen molar-refractivity contribution in [2.24, 2.45) is 0 Å². The van der Waals surface area contributed by atoms with Crippen molar-refractivity contribution >= 4 is 28.5 Å².